The first-order chi connectivity index (χ1) is 10.1. The van der Waals surface area contributed by atoms with E-state index >= 15 is 0 Å². The molecule has 2 heterocycles. The molecular formula is C13H8BrFN4O2. The molecule has 2 aromatic heterocycles. The Balaban J connectivity index is 2.16. The van der Waals surface area contributed by atoms with E-state index in [9.17, 15) is 14.3 Å². The third kappa shape index (κ3) is 2.45. The number of carboxylic acid groups (broad SMARTS) is 1. The average Bonchev–Trinajstić information content (AvgIpc) is 2.90. The molecule has 8 heteroatoms. The first-order valence-electron chi connectivity index (χ1n) is 5.82. The number of benzene rings is 1. The summed E-state index contributed by atoms with van der Waals surface area (Å²) in [6.45, 7) is 0. The van der Waals surface area contributed by atoms with E-state index in [1.54, 1.807) is 6.07 Å². The van der Waals surface area contributed by atoms with E-state index in [0.29, 0.717) is 9.99 Å². The molecule has 0 radical (unpaired) electrons. The van der Waals surface area contributed by atoms with Gasteiger partial charge < -0.3 is 10.4 Å². The number of rotatable bonds is 3. The van der Waals surface area contributed by atoms with Crippen LogP contribution in [0, 0.1) is 5.82 Å². The van der Waals surface area contributed by atoms with Gasteiger partial charge in [-0.05, 0) is 18.2 Å². The van der Waals surface area contributed by atoms with Crippen molar-refractivity contribution in [1.82, 2.24) is 14.4 Å². The fourth-order valence-electron chi connectivity index (χ4n) is 1.89. The number of halogens is 2. The highest BCUT2D eigenvalue weighted by Crippen LogP contribution is 2.25. The lowest BCUT2D eigenvalue weighted by Crippen LogP contribution is -2.10. The summed E-state index contributed by atoms with van der Waals surface area (Å²) in [5.41, 5.74) is 0.520. The van der Waals surface area contributed by atoms with Gasteiger partial charge in [-0.2, -0.15) is 0 Å². The molecule has 106 valence electrons. The van der Waals surface area contributed by atoms with E-state index in [0.717, 1.165) is 0 Å². The summed E-state index contributed by atoms with van der Waals surface area (Å²) >= 11 is 3.16. The summed E-state index contributed by atoms with van der Waals surface area (Å²) in [4.78, 5) is 19.1. The van der Waals surface area contributed by atoms with Gasteiger partial charge in [-0.1, -0.05) is 15.9 Å². The van der Waals surface area contributed by atoms with Crippen LogP contribution in [0.3, 0.4) is 0 Å². The number of anilines is 2. The SMILES string of the molecule is O=C(O)c1ncc2cncn2c1Nc1ccc(Br)cc1F. The molecule has 3 aromatic rings. The molecule has 0 amide bonds. The fourth-order valence-corrected chi connectivity index (χ4v) is 2.22. The average molecular weight is 351 g/mol. The van der Waals surface area contributed by atoms with Gasteiger partial charge in [0, 0.05) is 4.47 Å². The van der Waals surface area contributed by atoms with Crippen molar-refractivity contribution >= 4 is 38.9 Å². The van der Waals surface area contributed by atoms with Gasteiger partial charge in [0.05, 0.1) is 23.6 Å². The molecule has 0 unspecified atom stereocenters. The minimum Gasteiger partial charge on any atom is -0.476 e. The summed E-state index contributed by atoms with van der Waals surface area (Å²) in [6.07, 6.45) is 4.35. The van der Waals surface area contributed by atoms with Crippen LogP contribution in [0.25, 0.3) is 5.52 Å². The monoisotopic (exact) mass is 350 g/mol. The van der Waals surface area contributed by atoms with Crippen LogP contribution in [-0.4, -0.2) is 25.4 Å². The van der Waals surface area contributed by atoms with E-state index in [2.05, 4.69) is 31.2 Å². The maximum Gasteiger partial charge on any atom is 0.358 e. The van der Waals surface area contributed by atoms with Crippen molar-refractivity contribution in [2.45, 2.75) is 0 Å². The number of hydrogen-bond donors (Lipinski definition) is 2. The van der Waals surface area contributed by atoms with E-state index in [1.807, 2.05) is 0 Å². The number of nitrogens with one attached hydrogen (secondary N) is 1. The number of carbonyl (C=O) groups is 1. The Labute approximate surface area is 126 Å². The molecule has 0 fully saturated rings. The first kappa shape index (κ1) is 13.5. The van der Waals surface area contributed by atoms with E-state index in [4.69, 9.17) is 0 Å². The fraction of sp³-hybridized carbons (Fsp3) is 0. The maximum atomic E-state index is 13.9. The van der Waals surface area contributed by atoms with Crippen molar-refractivity contribution in [3.05, 3.63) is 52.9 Å². The van der Waals surface area contributed by atoms with E-state index in [1.165, 1.54) is 35.3 Å². The molecule has 0 spiro atoms. The van der Waals surface area contributed by atoms with Crippen molar-refractivity contribution in [2.24, 2.45) is 0 Å². The van der Waals surface area contributed by atoms with Crippen LogP contribution in [0.1, 0.15) is 10.5 Å². The number of aromatic nitrogens is 3. The smallest absolute Gasteiger partial charge is 0.358 e. The third-order valence-corrected chi connectivity index (χ3v) is 3.34. The van der Waals surface area contributed by atoms with E-state index in [-0.39, 0.29) is 17.2 Å². The van der Waals surface area contributed by atoms with Crippen molar-refractivity contribution < 1.29 is 14.3 Å². The van der Waals surface area contributed by atoms with E-state index < -0.39 is 11.8 Å². The first-order valence-corrected chi connectivity index (χ1v) is 6.62. The lowest BCUT2D eigenvalue weighted by Gasteiger charge is -2.12. The largest absolute Gasteiger partial charge is 0.476 e. The van der Waals surface area contributed by atoms with Gasteiger partial charge in [0.2, 0.25) is 0 Å². The molecular weight excluding hydrogens is 343 g/mol. The summed E-state index contributed by atoms with van der Waals surface area (Å²) in [5, 5.41) is 12.0. The van der Waals surface area contributed by atoms with Crippen molar-refractivity contribution in [3.8, 4) is 0 Å². The summed E-state index contributed by atoms with van der Waals surface area (Å²) in [7, 11) is 0. The van der Waals surface area contributed by atoms with Crippen LogP contribution in [0.2, 0.25) is 0 Å². The standard InChI is InChI=1S/C13H8BrFN4O2/c14-7-1-2-10(9(15)3-7)18-12-11(13(20)21)17-5-8-4-16-6-19(8)12/h1-6,18H,(H,20,21). The molecule has 1 aromatic carbocycles. The van der Waals surface area contributed by atoms with Gasteiger partial charge in [-0.15, -0.1) is 0 Å². The highest BCUT2D eigenvalue weighted by atomic mass is 79.9. The second-order valence-electron chi connectivity index (χ2n) is 4.20. The normalized spacial score (nSPS) is 10.8. The Bertz CT molecular complexity index is 849. The molecule has 21 heavy (non-hydrogen) atoms. The van der Waals surface area contributed by atoms with Crippen LogP contribution >= 0.6 is 15.9 Å². The molecule has 0 aliphatic heterocycles. The number of fused-ring (bicyclic) bond motifs is 1. The number of imidazole rings is 1. The molecule has 0 saturated heterocycles. The van der Waals surface area contributed by atoms with Gasteiger partial charge in [-0.3, -0.25) is 4.40 Å². The molecule has 3 rings (SSSR count). The van der Waals surface area contributed by atoms with Crippen LogP contribution in [0.5, 0.6) is 0 Å². The van der Waals surface area contributed by atoms with Crippen molar-refractivity contribution in [1.29, 1.82) is 0 Å². The third-order valence-electron chi connectivity index (χ3n) is 2.85. The lowest BCUT2D eigenvalue weighted by atomic mass is 10.3. The van der Waals surface area contributed by atoms with Crippen LogP contribution in [-0.2, 0) is 0 Å². The second-order valence-corrected chi connectivity index (χ2v) is 5.11. The zero-order valence-corrected chi connectivity index (χ0v) is 12.0. The van der Waals surface area contributed by atoms with Crippen LogP contribution in [0.4, 0.5) is 15.9 Å². The second kappa shape index (κ2) is 5.13. The van der Waals surface area contributed by atoms with Gasteiger partial charge in [0.25, 0.3) is 0 Å². The number of nitrogens with zero attached hydrogens (tertiary/aromatic N) is 3. The summed E-state index contributed by atoms with van der Waals surface area (Å²) < 4.78 is 16.0. The number of aromatic carboxylic acids is 1. The molecule has 2 N–H and O–H groups in total. The molecule has 0 bridgehead atoms. The molecule has 0 aliphatic carbocycles. The molecule has 0 atom stereocenters. The Hall–Kier alpha value is -2.48. The topological polar surface area (TPSA) is 79.5 Å². The zero-order chi connectivity index (χ0) is 15.0. The molecule has 0 aliphatic rings. The lowest BCUT2D eigenvalue weighted by molar-refractivity contribution is 0.0691. The van der Waals surface area contributed by atoms with Gasteiger partial charge >= 0.3 is 5.97 Å². The van der Waals surface area contributed by atoms with Gasteiger partial charge in [-0.25, -0.2) is 19.2 Å². The Morgan fingerprint density at radius 1 is 1.38 bits per heavy atom. The Morgan fingerprint density at radius 3 is 2.90 bits per heavy atom. The Morgan fingerprint density at radius 2 is 2.19 bits per heavy atom. The quantitative estimate of drug-likeness (QED) is 0.758. The summed E-state index contributed by atoms with van der Waals surface area (Å²) in [5.74, 6) is -1.60. The predicted molar refractivity (Wildman–Crippen MR) is 77.3 cm³/mol. The minimum atomic E-state index is -1.22. The van der Waals surface area contributed by atoms with Crippen LogP contribution in [0.15, 0.2) is 41.4 Å². The minimum absolute atomic E-state index is 0.138. The predicted octanol–water partition coefficient (Wildman–Crippen LogP) is 3.07. The maximum absolute atomic E-state index is 13.9. The molecule has 6 nitrogen and oxygen atoms in total. The highest BCUT2D eigenvalue weighted by Gasteiger charge is 2.17. The van der Waals surface area contributed by atoms with Crippen molar-refractivity contribution in [2.75, 3.05) is 5.32 Å². The molecule has 0 saturated carbocycles. The van der Waals surface area contributed by atoms with Crippen LogP contribution < -0.4 is 5.32 Å². The Kier molecular flexibility index (Phi) is 3.30. The van der Waals surface area contributed by atoms with Gasteiger partial charge in [0.1, 0.15) is 18.0 Å². The van der Waals surface area contributed by atoms with Crippen molar-refractivity contribution in [3.63, 3.8) is 0 Å². The number of carboxylic acids is 1. The zero-order valence-electron chi connectivity index (χ0n) is 10.4. The number of hydrogen-bond acceptors (Lipinski definition) is 4. The van der Waals surface area contributed by atoms with Gasteiger partial charge in [0.15, 0.2) is 5.69 Å². The highest BCUT2D eigenvalue weighted by molar-refractivity contribution is 9.10. The summed E-state index contributed by atoms with van der Waals surface area (Å²) in [6, 6.07) is 4.43.